The summed E-state index contributed by atoms with van der Waals surface area (Å²) in [7, 11) is 0. The third-order valence-corrected chi connectivity index (χ3v) is 5.45. The van der Waals surface area contributed by atoms with Crippen LogP contribution in [-0.2, 0) is 11.3 Å². The summed E-state index contributed by atoms with van der Waals surface area (Å²) in [4.78, 5) is 21.5. The first-order valence-electron chi connectivity index (χ1n) is 9.36. The molecule has 0 saturated carbocycles. The number of morpholine rings is 1. The van der Waals surface area contributed by atoms with E-state index in [1.807, 2.05) is 51.4 Å². The molecule has 1 fully saturated rings. The van der Waals surface area contributed by atoms with Crippen molar-refractivity contribution in [3.05, 3.63) is 57.6 Å². The van der Waals surface area contributed by atoms with Crippen LogP contribution in [0, 0.1) is 20.8 Å². The molecule has 0 radical (unpaired) electrons. The van der Waals surface area contributed by atoms with Crippen molar-refractivity contribution in [1.82, 2.24) is 24.8 Å². The molecule has 28 heavy (non-hydrogen) atoms. The van der Waals surface area contributed by atoms with Crippen LogP contribution in [0.15, 0.2) is 30.6 Å². The zero-order valence-corrected chi connectivity index (χ0v) is 17.2. The van der Waals surface area contributed by atoms with Crippen molar-refractivity contribution in [3.63, 3.8) is 0 Å². The van der Waals surface area contributed by atoms with E-state index in [9.17, 15) is 0 Å². The van der Waals surface area contributed by atoms with Crippen LogP contribution < -0.4 is 5.32 Å². The number of rotatable bonds is 5. The molecule has 8 heteroatoms. The summed E-state index contributed by atoms with van der Waals surface area (Å²) in [5, 5.41) is 4.33. The minimum atomic E-state index is -0.0192. The van der Waals surface area contributed by atoms with Crippen LogP contribution in [-0.4, -0.2) is 44.5 Å². The van der Waals surface area contributed by atoms with E-state index in [1.165, 1.54) is 4.88 Å². The average Bonchev–Trinajstić information content (AvgIpc) is 3.06. The van der Waals surface area contributed by atoms with Crippen molar-refractivity contribution in [3.8, 4) is 0 Å². The number of thiazole rings is 1. The van der Waals surface area contributed by atoms with Gasteiger partial charge in [0.1, 0.15) is 6.10 Å². The number of anilines is 2. The molecule has 4 rings (SSSR count). The van der Waals surface area contributed by atoms with Crippen LogP contribution in [0.2, 0.25) is 0 Å². The molecule has 1 aliphatic heterocycles. The molecule has 1 N–H and O–H groups in total. The quantitative estimate of drug-likeness (QED) is 0.706. The molecule has 0 amide bonds. The molecule has 7 nitrogen and oxygen atoms in total. The summed E-state index contributed by atoms with van der Waals surface area (Å²) in [5.41, 5.74) is 3.68. The smallest absolute Gasteiger partial charge is 0.227 e. The Hall–Kier alpha value is -2.42. The number of ether oxygens (including phenoxy) is 1. The van der Waals surface area contributed by atoms with E-state index in [0.717, 1.165) is 47.4 Å². The minimum absolute atomic E-state index is 0.0192. The van der Waals surface area contributed by atoms with E-state index in [4.69, 9.17) is 4.74 Å². The summed E-state index contributed by atoms with van der Waals surface area (Å²) < 4.78 is 5.97. The van der Waals surface area contributed by atoms with Gasteiger partial charge in [-0.25, -0.2) is 15.0 Å². The van der Waals surface area contributed by atoms with Gasteiger partial charge in [0.05, 0.1) is 29.2 Å². The number of aromatic nitrogens is 4. The van der Waals surface area contributed by atoms with Gasteiger partial charge < -0.3 is 10.1 Å². The van der Waals surface area contributed by atoms with Gasteiger partial charge in [-0.15, -0.1) is 11.3 Å². The number of hydrogen-bond acceptors (Lipinski definition) is 8. The molecule has 4 heterocycles. The molecule has 0 spiro atoms. The Balaban J connectivity index is 1.40. The van der Waals surface area contributed by atoms with Crippen molar-refractivity contribution in [1.29, 1.82) is 0 Å². The fourth-order valence-electron chi connectivity index (χ4n) is 3.30. The molecule has 0 bridgehead atoms. The monoisotopic (exact) mass is 396 g/mol. The SMILES string of the molecule is Cc1cc(C)nc(Nc2ccc([C@H]3CN(Cc4cnc(C)s4)CCO3)nc2)n1. The molecule has 1 aliphatic rings. The predicted octanol–water partition coefficient (Wildman–Crippen LogP) is 3.57. The largest absolute Gasteiger partial charge is 0.369 e. The van der Waals surface area contributed by atoms with Crippen LogP contribution >= 0.6 is 11.3 Å². The number of hydrogen-bond donors (Lipinski definition) is 1. The van der Waals surface area contributed by atoms with Gasteiger partial charge in [-0.3, -0.25) is 9.88 Å². The van der Waals surface area contributed by atoms with E-state index >= 15 is 0 Å². The summed E-state index contributed by atoms with van der Waals surface area (Å²) in [6.45, 7) is 9.34. The molecule has 1 atom stereocenters. The third kappa shape index (κ3) is 4.70. The third-order valence-electron chi connectivity index (χ3n) is 4.55. The molecule has 0 aromatic carbocycles. The zero-order chi connectivity index (χ0) is 19.5. The number of aryl methyl sites for hydroxylation is 3. The fourth-order valence-corrected chi connectivity index (χ4v) is 4.14. The summed E-state index contributed by atoms with van der Waals surface area (Å²) >= 11 is 1.75. The zero-order valence-electron chi connectivity index (χ0n) is 16.3. The Morgan fingerprint density at radius 1 is 1.14 bits per heavy atom. The molecule has 0 unspecified atom stereocenters. The minimum Gasteiger partial charge on any atom is -0.369 e. The lowest BCUT2D eigenvalue weighted by Crippen LogP contribution is -2.37. The van der Waals surface area contributed by atoms with Crippen molar-refractivity contribution in [2.24, 2.45) is 0 Å². The highest BCUT2D eigenvalue weighted by Gasteiger charge is 2.23. The summed E-state index contributed by atoms with van der Waals surface area (Å²) in [6.07, 6.45) is 3.76. The standard InChI is InChI=1S/C20H24N6OS/c1-13-8-14(2)24-20(23-13)25-16-4-5-18(22-9-16)19-12-26(6-7-27-19)11-17-10-21-15(3)28-17/h4-5,8-10,19H,6-7,11-12H2,1-3H3,(H,23,24,25)/t19-/m1/s1. The molecule has 1 saturated heterocycles. The first-order chi connectivity index (χ1) is 13.5. The maximum absolute atomic E-state index is 5.97. The Labute approximate surface area is 168 Å². The van der Waals surface area contributed by atoms with Crippen LogP contribution in [0.5, 0.6) is 0 Å². The van der Waals surface area contributed by atoms with Crippen LogP contribution in [0.25, 0.3) is 0 Å². The molecule has 0 aliphatic carbocycles. The van der Waals surface area contributed by atoms with Crippen molar-refractivity contribution >= 4 is 23.0 Å². The average molecular weight is 397 g/mol. The lowest BCUT2D eigenvalue weighted by Gasteiger charge is -2.32. The molecule has 146 valence electrons. The maximum Gasteiger partial charge on any atom is 0.227 e. The Kier molecular flexibility index (Phi) is 5.61. The van der Waals surface area contributed by atoms with Gasteiger partial charge in [0.2, 0.25) is 5.95 Å². The second kappa shape index (κ2) is 8.30. The second-order valence-electron chi connectivity index (χ2n) is 7.01. The maximum atomic E-state index is 5.97. The summed E-state index contributed by atoms with van der Waals surface area (Å²) in [5.74, 6) is 0.590. The predicted molar refractivity (Wildman–Crippen MR) is 110 cm³/mol. The highest BCUT2D eigenvalue weighted by Crippen LogP contribution is 2.24. The first kappa shape index (κ1) is 18.9. The number of pyridine rings is 1. The van der Waals surface area contributed by atoms with Gasteiger partial charge >= 0.3 is 0 Å². The Morgan fingerprint density at radius 3 is 2.64 bits per heavy atom. The van der Waals surface area contributed by atoms with E-state index in [-0.39, 0.29) is 6.10 Å². The Morgan fingerprint density at radius 2 is 1.96 bits per heavy atom. The van der Waals surface area contributed by atoms with E-state index in [0.29, 0.717) is 12.6 Å². The van der Waals surface area contributed by atoms with Gasteiger partial charge in [0, 0.05) is 42.1 Å². The second-order valence-corrected chi connectivity index (χ2v) is 8.33. The number of nitrogens with zero attached hydrogens (tertiary/aromatic N) is 5. The van der Waals surface area contributed by atoms with Crippen molar-refractivity contribution < 1.29 is 4.74 Å². The lowest BCUT2D eigenvalue weighted by molar-refractivity contribution is -0.0346. The first-order valence-corrected chi connectivity index (χ1v) is 10.2. The summed E-state index contributed by atoms with van der Waals surface area (Å²) in [6, 6.07) is 5.96. The Bertz CT molecular complexity index is 922. The molecule has 3 aromatic heterocycles. The van der Waals surface area contributed by atoms with Crippen molar-refractivity contribution in [2.75, 3.05) is 25.0 Å². The lowest BCUT2D eigenvalue weighted by atomic mass is 10.2. The van der Waals surface area contributed by atoms with Crippen molar-refractivity contribution in [2.45, 2.75) is 33.4 Å². The van der Waals surface area contributed by atoms with Gasteiger partial charge in [0.25, 0.3) is 0 Å². The van der Waals surface area contributed by atoms with Gasteiger partial charge in [-0.2, -0.15) is 0 Å². The highest BCUT2D eigenvalue weighted by atomic mass is 32.1. The van der Waals surface area contributed by atoms with Gasteiger partial charge in [0.15, 0.2) is 0 Å². The van der Waals surface area contributed by atoms with E-state index in [1.54, 1.807) is 11.3 Å². The van der Waals surface area contributed by atoms with E-state index in [2.05, 4.69) is 30.2 Å². The fraction of sp³-hybridized carbons (Fsp3) is 0.400. The van der Waals surface area contributed by atoms with Gasteiger partial charge in [-0.05, 0) is 39.0 Å². The molecular formula is C20H24N6OS. The topological polar surface area (TPSA) is 76.1 Å². The molecule has 3 aromatic rings. The van der Waals surface area contributed by atoms with Crippen LogP contribution in [0.1, 0.15) is 33.1 Å². The van der Waals surface area contributed by atoms with E-state index < -0.39 is 0 Å². The molecular weight excluding hydrogens is 372 g/mol. The normalized spacial score (nSPS) is 17.6. The van der Waals surface area contributed by atoms with Crippen LogP contribution in [0.3, 0.4) is 0 Å². The number of nitrogens with one attached hydrogen (secondary N) is 1. The van der Waals surface area contributed by atoms with Crippen LogP contribution in [0.4, 0.5) is 11.6 Å². The van der Waals surface area contributed by atoms with Gasteiger partial charge in [-0.1, -0.05) is 0 Å². The highest BCUT2D eigenvalue weighted by molar-refractivity contribution is 7.11.